The summed E-state index contributed by atoms with van der Waals surface area (Å²) in [7, 11) is 0. The molecule has 0 spiro atoms. The van der Waals surface area contributed by atoms with E-state index in [0.717, 1.165) is 5.56 Å². The van der Waals surface area contributed by atoms with Crippen LogP contribution in [0.1, 0.15) is 36.2 Å². The van der Waals surface area contributed by atoms with Gasteiger partial charge in [-0.1, -0.05) is 12.1 Å². The van der Waals surface area contributed by atoms with E-state index >= 15 is 0 Å². The van der Waals surface area contributed by atoms with Crippen molar-refractivity contribution in [3.8, 4) is 0 Å². The van der Waals surface area contributed by atoms with Crippen molar-refractivity contribution < 1.29 is 19.4 Å². The minimum absolute atomic E-state index is 0.0833. The Morgan fingerprint density at radius 1 is 1.29 bits per heavy atom. The van der Waals surface area contributed by atoms with Crippen molar-refractivity contribution in [2.24, 2.45) is 0 Å². The highest BCUT2D eigenvalue weighted by atomic mass is 16.5. The van der Waals surface area contributed by atoms with Crippen LogP contribution >= 0.6 is 0 Å². The van der Waals surface area contributed by atoms with Gasteiger partial charge in [-0.2, -0.15) is 0 Å². The van der Waals surface area contributed by atoms with E-state index in [9.17, 15) is 9.59 Å². The molecule has 1 fully saturated rings. The van der Waals surface area contributed by atoms with Gasteiger partial charge in [-0.15, -0.1) is 0 Å². The molecule has 1 N–H and O–H groups in total. The summed E-state index contributed by atoms with van der Waals surface area (Å²) >= 11 is 0. The van der Waals surface area contributed by atoms with E-state index in [2.05, 4.69) is 0 Å². The Morgan fingerprint density at radius 3 is 2.57 bits per heavy atom. The maximum Gasteiger partial charge on any atom is 0.335 e. The highest BCUT2D eigenvalue weighted by Crippen LogP contribution is 2.14. The van der Waals surface area contributed by atoms with Crippen LogP contribution in [-0.2, 0) is 16.0 Å². The van der Waals surface area contributed by atoms with Gasteiger partial charge in [-0.05, 0) is 38.0 Å². The van der Waals surface area contributed by atoms with Gasteiger partial charge in [0.2, 0.25) is 5.91 Å². The number of rotatable bonds is 4. The molecule has 0 radical (unpaired) electrons. The summed E-state index contributed by atoms with van der Waals surface area (Å²) in [4.78, 5) is 24.9. The number of benzene rings is 1. The lowest BCUT2D eigenvalue weighted by atomic mass is 10.1. The maximum atomic E-state index is 12.3. The van der Waals surface area contributed by atoms with E-state index in [4.69, 9.17) is 9.84 Å². The standard InChI is InChI=1S/C16H21NO4/c1-11-10-21-12(2)9-17(11)15(18)8-5-13-3-6-14(7-4-13)16(19)20/h3-4,6-7,11-12H,5,8-10H2,1-2H3,(H,19,20)/t11-,12+/m0/s1. The number of aryl methyl sites for hydroxylation is 1. The molecule has 1 aliphatic heterocycles. The molecule has 2 rings (SSSR count). The fraction of sp³-hybridized carbons (Fsp3) is 0.500. The van der Waals surface area contributed by atoms with Crippen LogP contribution < -0.4 is 0 Å². The summed E-state index contributed by atoms with van der Waals surface area (Å²) in [5, 5.41) is 8.85. The van der Waals surface area contributed by atoms with Gasteiger partial charge in [0.1, 0.15) is 0 Å². The fourth-order valence-corrected chi connectivity index (χ4v) is 2.46. The predicted octanol–water partition coefficient (Wildman–Crippen LogP) is 1.95. The number of aromatic carboxylic acids is 1. The highest BCUT2D eigenvalue weighted by Gasteiger charge is 2.26. The summed E-state index contributed by atoms with van der Waals surface area (Å²) in [6.07, 6.45) is 1.14. The minimum Gasteiger partial charge on any atom is -0.478 e. The third kappa shape index (κ3) is 4.04. The molecule has 1 amide bonds. The molecule has 21 heavy (non-hydrogen) atoms. The first kappa shape index (κ1) is 15.5. The number of hydrogen-bond acceptors (Lipinski definition) is 3. The van der Waals surface area contributed by atoms with Gasteiger partial charge in [0, 0.05) is 13.0 Å². The quantitative estimate of drug-likeness (QED) is 0.920. The van der Waals surface area contributed by atoms with Crippen molar-refractivity contribution in [1.82, 2.24) is 4.90 Å². The number of carbonyl (C=O) groups excluding carboxylic acids is 1. The van der Waals surface area contributed by atoms with Crippen molar-refractivity contribution in [3.63, 3.8) is 0 Å². The minimum atomic E-state index is -0.936. The number of carbonyl (C=O) groups is 2. The molecule has 0 saturated carbocycles. The van der Waals surface area contributed by atoms with E-state index in [1.54, 1.807) is 24.3 Å². The fourth-order valence-electron chi connectivity index (χ4n) is 2.46. The van der Waals surface area contributed by atoms with Gasteiger partial charge < -0.3 is 14.7 Å². The molecule has 5 heteroatoms. The Labute approximate surface area is 124 Å². The van der Waals surface area contributed by atoms with Crippen LogP contribution in [0.2, 0.25) is 0 Å². The zero-order chi connectivity index (χ0) is 15.4. The molecule has 1 aromatic carbocycles. The van der Waals surface area contributed by atoms with Gasteiger partial charge in [0.15, 0.2) is 0 Å². The Balaban J connectivity index is 1.89. The molecule has 114 valence electrons. The molecule has 0 aliphatic carbocycles. The van der Waals surface area contributed by atoms with E-state index in [1.807, 2.05) is 18.7 Å². The number of amides is 1. The average molecular weight is 291 g/mol. The molecular formula is C16H21NO4. The second-order valence-corrected chi connectivity index (χ2v) is 5.54. The first-order valence-electron chi connectivity index (χ1n) is 7.20. The lowest BCUT2D eigenvalue weighted by Crippen LogP contribution is -2.50. The Hall–Kier alpha value is -1.88. The monoisotopic (exact) mass is 291 g/mol. The molecule has 0 bridgehead atoms. The van der Waals surface area contributed by atoms with Gasteiger partial charge in [-0.3, -0.25) is 4.79 Å². The summed E-state index contributed by atoms with van der Waals surface area (Å²) in [6.45, 7) is 5.18. The van der Waals surface area contributed by atoms with E-state index in [-0.39, 0.29) is 23.6 Å². The number of morpholine rings is 1. The van der Waals surface area contributed by atoms with Gasteiger partial charge in [0.25, 0.3) is 0 Å². The Morgan fingerprint density at radius 2 is 1.95 bits per heavy atom. The molecular weight excluding hydrogens is 270 g/mol. The normalized spacial score (nSPS) is 22.1. The molecule has 0 unspecified atom stereocenters. The Kier molecular flexibility index (Phi) is 4.96. The summed E-state index contributed by atoms with van der Waals surface area (Å²) < 4.78 is 5.52. The number of carboxylic acid groups (broad SMARTS) is 1. The number of hydrogen-bond donors (Lipinski definition) is 1. The van der Waals surface area contributed by atoms with Gasteiger partial charge in [0.05, 0.1) is 24.3 Å². The second-order valence-electron chi connectivity index (χ2n) is 5.54. The first-order valence-corrected chi connectivity index (χ1v) is 7.20. The third-order valence-electron chi connectivity index (χ3n) is 3.76. The predicted molar refractivity (Wildman–Crippen MR) is 78.3 cm³/mol. The molecule has 2 atom stereocenters. The molecule has 1 aliphatic rings. The molecule has 1 saturated heterocycles. The van der Waals surface area contributed by atoms with Crippen molar-refractivity contribution in [1.29, 1.82) is 0 Å². The van der Waals surface area contributed by atoms with Crippen molar-refractivity contribution in [2.75, 3.05) is 13.2 Å². The third-order valence-corrected chi connectivity index (χ3v) is 3.76. The van der Waals surface area contributed by atoms with Crippen LogP contribution in [0.5, 0.6) is 0 Å². The number of ether oxygens (including phenoxy) is 1. The maximum absolute atomic E-state index is 12.3. The van der Waals surface area contributed by atoms with Gasteiger partial charge in [-0.25, -0.2) is 4.79 Å². The molecule has 1 aromatic rings. The first-order chi connectivity index (χ1) is 9.97. The van der Waals surface area contributed by atoms with Crippen LogP contribution in [-0.4, -0.2) is 47.2 Å². The summed E-state index contributed by atoms with van der Waals surface area (Å²) in [6, 6.07) is 6.79. The topological polar surface area (TPSA) is 66.8 Å². The molecule has 0 aromatic heterocycles. The van der Waals surface area contributed by atoms with E-state index < -0.39 is 5.97 Å². The van der Waals surface area contributed by atoms with E-state index in [1.165, 1.54) is 0 Å². The lowest BCUT2D eigenvalue weighted by Gasteiger charge is -2.36. The number of carboxylic acids is 1. The van der Waals surface area contributed by atoms with Crippen LogP contribution in [0.15, 0.2) is 24.3 Å². The van der Waals surface area contributed by atoms with Crippen LogP contribution in [0.25, 0.3) is 0 Å². The lowest BCUT2D eigenvalue weighted by molar-refractivity contribution is -0.143. The molecule has 5 nitrogen and oxygen atoms in total. The van der Waals surface area contributed by atoms with Gasteiger partial charge >= 0.3 is 5.97 Å². The van der Waals surface area contributed by atoms with Crippen molar-refractivity contribution >= 4 is 11.9 Å². The largest absolute Gasteiger partial charge is 0.478 e. The van der Waals surface area contributed by atoms with Crippen molar-refractivity contribution in [3.05, 3.63) is 35.4 Å². The smallest absolute Gasteiger partial charge is 0.335 e. The van der Waals surface area contributed by atoms with Crippen LogP contribution in [0.4, 0.5) is 0 Å². The highest BCUT2D eigenvalue weighted by molar-refractivity contribution is 5.87. The average Bonchev–Trinajstić information content (AvgIpc) is 2.47. The van der Waals surface area contributed by atoms with Crippen LogP contribution in [0, 0.1) is 0 Å². The Bertz CT molecular complexity index is 512. The van der Waals surface area contributed by atoms with Crippen molar-refractivity contribution in [2.45, 2.75) is 38.8 Å². The zero-order valence-corrected chi connectivity index (χ0v) is 12.4. The zero-order valence-electron chi connectivity index (χ0n) is 12.4. The summed E-state index contributed by atoms with van der Waals surface area (Å²) in [5.74, 6) is -0.811. The SMILES string of the molecule is C[C@@H]1CN(C(=O)CCc2ccc(C(=O)O)cc2)[C@@H](C)CO1. The molecule has 1 heterocycles. The number of nitrogens with zero attached hydrogens (tertiary/aromatic N) is 1. The second kappa shape index (κ2) is 6.72. The van der Waals surface area contributed by atoms with E-state index in [0.29, 0.717) is 26.0 Å². The van der Waals surface area contributed by atoms with Crippen LogP contribution in [0.3, 0.4) is 0 Å². The summed E-state index contributed by atoms with van der Waals surface area (Å²) in [5.41, 5.74) is 1.24.